The molecule has 4 nitrogen and oxygen atoms in total. The van der Waals surface area contributed by atoms with E-state index >= 15 is 0 Å². The number of aromatic nitrogens is 2. The van der Waals surface area contributed by atoms with Gasteiger partial charge in [-0.05, 0) is 49.1 Å². The zero-order chi connectivity index (χ0) is 14.8. The number of thiophene rings is 1. The van der Waals surface area contributed by atoms with Crippen LogP contribution in [0.2, 0.25) is 0 Å². The van der Waals surface area contributed by atoms with Crippen LogP contribution in [0.15, 0.2) is 34.1 Å². The van der Waals surface area contributed by atoms with Crippen molar-refractivity contribution in [3.05, 3.63) is 39.7 Å². The fraction of sp³-hybridized carbons (Fsp3) is 0.200. The number of hydrogen-bond acceptors (Lipinski definition) is 5. The lowest BCUT2D eigenvalue weighted by molar-refractivity contribution is 1.11. The lowest BCUT2D eigenvalue weighted by Crippen LogP contribution is -2.04. The highest BCUT2D eigenvalue weighted by Crippen LogP contribution is 2.29. The predicted molar refractivity (Wildman–Crippen MR) is 93.7 cm³/mol. The van der Waals surface area contributed by atoms with E-state index in [0.29, 0.717) is 5.95 Å². The molecule has 0 saturated heterocycles. The molecule has 3 aromatic rings. The normalized spacial score (nSPS) is 10.8. The molecule has 2 heterocycles. The van der Waals surface area contributed by atoms with Crippen LogP contribution < -0.4 is 10.6 Å². The topological polar surface area (TPSA) is 49.8 Å². The molecule has 0 bridgehead atoms. The van der Waals surface area contributed by atoms with Crippen molar-refractivity contribution < 1.29 is 0 Å². The first-order valence-corrected chi connectivity index (χ1v) is 8.37. The van der Waals surface area contributed by atoms with Crippen LogP contribution in [0.25, 0.3) is 10.2 Å². The monoisotopic (exact) mass is 362 g/mol. The van der Waals surface area contributed by atoms with Gasteiger partial charge in [0.05, 0.1) is 5.39 Å². The average Bonchev–Trinajstić information content (AvgIpc) is 2.92. The van der Waals surface area contributed by atoms with Crippen LogP contribution in [0.1, 0.15) is 12.5 Å². The zero-order valence-corrected chi connectivity index (χ0v) is 14.2. The molecular formula is C15H15BrN4S. The van der Waals surface area contributed by atoms with Gasteiger partial charge in [0.25, 0.3) is 0 Å². The Hall–Kier alpha value is -1.66. The van der Waals surface area contributed by atoms with E-state index < -0.39 is 0 Å². The van der Waals surface area contributed by atoms with Gasteiger partial charge >= 0.3 is 0 Å². The number of nitrogens with one attached hydrogen (secondary N) is 2. The summed E-state index contributed by atoms with van der Waals surface area (Å²) in [6.07, 6.45) is 0. The van der Waals surface area contributed by atoms with Crippen molar-refractivity contribution in [1.82, 2.24) is 9.97 Å². The molecule has 21 heavy (non-hydrogen) atoms. The molecule has 0 atom stereocenters. The van der Waals surface area contributed by atoms with Crippen LogP contribution in [0.3, 0.4) is 0 Å². The van der Waals surface area contributed by atoms with Crippen LogP contribution in [-0.4, -0.2) is 16.5 Å². The molecule has 0 aliphatic carbocycles. The quantitative estimate of drug-likeness (QED) is 0.690. The molecule has 0 amide bonds. The third-order valence-corrected chi connectivity index (χ3v) is 4.78. The molecule has 2 N–H and O–H groups in total. The average molecular weight is 363 g/mol. The Labute approximate surface area is 135 Å². The number of nitrogens with zero attached hydrogens (tertiary/aromatic N) is 2. The zero-order valence-electron chi connectivity index (χ0n) is 11.8. The van der Waals surface area contributed by atoms with Gasteiger partial charge in [0.1, 0.15) is 10.6 Å². The molecule has 0 aliphatic heterocycles. The lowest BCUT2D eigenvalue weighted by atomic mass is 10.2. The molecule has 0 spiro atoms. The Morgan fingerprint density at radius 2 is 2.10 bits per heavy atom. The second kappa shape index (κ2) is 5.99. The molecule has 108 valence electrons. The van der Waals surface area contributed by atoms with Crippen molar-refractivity contribution >= 4 is 54.9 Å². The summed E-state index contributed by atoms with van der Waals surface area (Å²) in [7, 11) is 0. The van der Waals surface area contributed by atoms with E-state index in [4.69, 9.17) is 0 Å². The Bertz CT molecular complexity index is 784. The predicted octanol–water partition coefficient (Wildman–Crippen LogP) is 4.94. The van der Waals surface area contributed by atoms with E-state index in [9.17, 15) is 0 Å². The molecule has 0 fully saturated rings. The Morgan fingerprint density at radius 1 is 1.24 bits per heavy atom. The Kier molecular flexibility index (Phi) is 4.07. The van der Waals surface area contributed by atoms with Gasteiger partial charge in [-0.2, -0.15) is 4.98 Å². The number of aryl methyl sites for hydroxylation is 1. The summed E-state index contributed by atoms with van der Waals surface area (Å²) < 4.78 is 1.10. The Balaban J connectivity index is 2.01. The molecule has 0 radical (unpaired) electrons. The fourth-order valence-electron chi connectivity index (χ4n) is 2.05. The third-order valence-electron chi connectivity index (χ3n) is 3.08. The van der Waals surface area contributed by atoms with Gasteiger partial charge in [-0.25, -0.2) is 4.98 Å². The van der Waals surface area contributed by atoms with Gasteiger partial charge < -0.3 is 10.6 Å². The first kappa shape index (κ1) is 14.3. The van der Waals surface area contributed by atoms with E-state index in [1.807, 2.05) is 30.5 Å². The van der Waals surface area contributed by atoms with Crippen molar-refractivity contribution in [2.24, 2.45) is 0 Å². The molecule has 6 heteroatoms. The van der Waals surface area contributed by atoms with Gasteiger partial charge in [-0.3, -0.25) is 0 Å². The molecular weight excluding hydrogens is 348 g/mol. The number of rotatable bonds is 4. The minimum Gasteiger partial charge on any atom is -0.354 e. The number of hydrogen-bond donors (Lipinski definition) is 2. The summed E-state index contributed by atoms with van der Waals surface area (Å²) in [4.78, 5) is 10.1. The van der Waals surface area contributed by atoms with Crippen molar-refractivity contribution in [2.45, 2.75) is 13.8 Å². The van der Waals surface area contributed by atoms with E-state index in [1.165, 1.54) is 5.56 Å². The van der Waals surface area contributed by atoms with E-state index in [0.717, 1.165) is 32.7 Å². The fourth-order valence-corrected chi connectivity index (χ4v) is 3.06. The molecule has 3 rings (SSSR count). The van der Waals surface area contributed by atoms with Gasteiger partial charge in [0.15, 0.2) is 0 Å². The van der Waals surface area contributed by atoms with Gasteiger partial charge in [-0.15, -0.1) is 11.3 Å². The highest BCUT2D eigenvalue weighted by molar-refractivity contribution is 9.10. The van der Waals surface area contributed by atoms with Gasteiger partial charge in [-0.1, -0.05) is 15.9 Å². The first-order valence-electron chi connectivity index (χ1n) is 6.69. The highest BCUT2D eigenvalue weighted by atomic mass is 79.9. The summed E-state index contributed by atoms with van der Waals surface area (Å²) in [6.45, 7) is 4.90. The van der Waals surface area contributed by atoms with Crippen LogP contribution >= 0.6 is 27.3 Å². The lowest BCUT2D eigenvalue weighted by Gasteiger charge is -2.10. The molecule has 2 aromatic heterocycles. The first-order chi connectivity index (χ1) is 10.2. The van der Waals surface area contributed by atoms with Crippen molar-refractivity contribution in [3.8, 4) is 0 Å². The maximum atomic E-state index is 4.57. The number of fused-ring (bicyclic) bond motifs is 1. The minimum atomic E-state index is 0.656. The largest absolute Gasteiger partial charge is 0.354 e. The molecule has 0 unspecified atom stereocenters. The van der Waals surface area contributed by atoms with Gasteiger partial charge in [0, 0.05) is 16.7 Å². The summed E-state index contributed by atoms with van der Waals surface area (Å²) >= 11 is 5.14. The van der Waals surface area contributed by atoms with Gasteiger partial charge in [0.2, 0.25) is 5.95 Å². The smallest absolute Gasteiger partial charge is 0.226 e. The number of anilines is 3. The standard InChI is InChI=1S/C15H15BrN4S/c1-3-17-15-19-13(11-6-7-21-14(11)20-15)18-10-4-5-12(16)9(2)8-10/h4-8H,3H2,1-2H3,(H2,17,18,19,20). The minimum absolute atomic E-state index is 0.656. The van der Waals surface area contributed by atoms with Crippen molar-refractivity contribution in [2.75, 3.05) is 17.2 Å². The summed E-state index contributed by atoms with van der Waals surface area (Å²) in [6, 6.07) is 8.21. The van der Waals surface area contributed by atoms with Crippen LogP contribution in [0.5, 0.6) is 0 Å². The number of halogens is 1. The van der Waals surface area contributed by atoms with Crippen LogP contribution in [-0.2, 0) is 0 Å². The van der Waals surface area contributed by atoms with E-state index in [1.54, 1.807) is 11.3 Å². The Morgan fingerprint density at radius 3 is 2.86 bits per heavy atom. The maximum Gasteiger partial charge on any atom is 0.226 e. The highest BCUT2D eigenvalue weighted by Gasteiger charge is 2.09. The summed E-state index contributed by atoms with van der Waals surface area (Å²) in [5.41, 5.74) is 2.20. The summed E-state index contributed by atoms with van der Waals surface area (Å²) in [5, 5.41) is 9.65. The van der Waals surface area contributed by atoms with Crippen LogP contribution in [0, 0.1) is 6.92 Å². The SMILES string of the molecule is CCNc1nc(Nc2ccc(Br)c(C)c2)c2ccsc2n1. The number of benzene rings is 1. The van der Waals surface area contributed by atoms with E-state index in [2.05, 4.69) is 49.5 Å². The van der Waals surface area contributed by atoms with Crippen molar-refractivity contribution in [1.29, 1.82) is 0 Å². The molecule has 0 saturated carbocycles. The second-order valence-corrected chi connectivity index (χ2v) is 6.40. The third kappa shape index (κ3) is 3.01. The maximum absolute atomic E-state index is 4.57. The van der Waals surface area contributed by atoms with E-state index in [-0.39, 0.29) is 0 Å². The van der Waals surface area contributed by atoms with Crippen LogP contribution in [0.4, 0.5) is 17.5 Å². The van der Waals surface area contributed by atoms with Crippen molar-refractivity contribution in [3.63, 3.8) is 0 Å². The molecule has 1 aromatic carbocycles. The molecule has 0 aliphatic rings. The summed E-state index contributed by atoms with van der Waals surface area (Å²) in [5.74, 6) is 1.49. The second-order valence-electron chi connectivity index (χ2n) is 4.65.